The summed E-state index contributed by atoms with van der Waals surface area (Å²) in [6.45, 7) is 10.4. The minimum atomic E-state index is -0.646. The lowest BCUT2D eigenvalue weighted by Crippen LogP contribution is -2.52. The number of likely N-dealkylation sites (tertiary alicyclic amines) is 1. The Morgan fingerprint density at radius 1 is 1.10 bits per heavy atom. The van der Waals surface area contributed by atoms with Crippen molar-refractivity contribution in [1.82, 2.24) is 21.0 Å². The van der Waals surface area contributed by atoms with Gasteiger partial charge in [-0.05, 0) is 83.2 Å². The first-order chi connectivity index (χ1) is 20.1. The highest BCUT2D eigenvalue weighted by molar-refractivity contribution is 7.99. The number of carbonyl (C=O) groups excluding carboxylic acids is 2. The van der Waals surface area contributed by atoms with E-state index in [1.165, 1.54) is 32.1 Å². The summed E-state index contributed by atoms with van der Waals surface area (Å²) in [5.74, 6) is 2.65. The van der Waals surface area contributed by atoms with Crippen LogP contribution in [0.5, 0.6) is 5.75 Å². The van der Waals surface area contributed by atoms with Crippen molar-refractivity contribution in [2.24, 2.45) is 11.8 Å². The second kappa shape index (κ2) is 16.9. The Balaban J connectivity index is 0.000000616. The third-order valence-electron chi connectivity index (χ3n) is 8.01. The number of benzene rings is 2. The van der Waals surface area contributed by atoms with Crippen LogP contribution in [0.25, 0.3) is 0 Å². The minimum absolute atomic E-state index is 0.0677. The Hall–Kier alpha value is -2.59. The van der Waals surface area contributed by atoms with Crippen molar-refractivity contribution in [2.45, 2.75) is 82.4 Å². The van der Waals surface area contributed by atoms with Crippen molar-refractivity contribution in [1.29, 1.82) is 0 Å². The number of nitrogens with zero attached hydrogens (tertiary/aromatic N) is 1. The number of carbonyl (C=O) groups is 2. The van der Waals surface area contributed by atoms with Crippen LogP contribution < -0.4 is 21.0 Å². The summed E-state index contributed by atoms with van der Waals surface area (Å²) in [5.41, 5.74) is 3.93. The molecule has 0 aromatic heterocycles. The first kappa shape index (κ1) is 33.9. The molecule has 2 amide bonds. The van der Waals surface area contributed by atoms with E-state index in [4.69, 9.17) is 4.84 Å². The van der Waals surface area contributed by atoms with Gasteiger partial charge >= 0.3 is 0 Å². The summed E-state index contributed by atoms with van der Waals surface area (Å²) in [4.78, 5) is 32.0. The van der Waals surface area contributed by atoms with Crippen molar-refractivity contribution in [3.05, 3.63) is 59.7 Å². The van der Waals surface area contributed by atoms with Crippen LogP contribution in [0.3, 0.4) is 0 Å². The highest BCUT2D eigenvalue weighted by Gasteiger charge is 2.33. The van der Waals surface area contributed by atoms with Gasteiger partial charge in [0.15, 0.2) is 5.75 Å². The molecule has 4 atom stereocenters. The molecule has 4 N–H and O–H groups in total. The first-order valence-electron chi connectivity index (χ1n) is 15.1. The van der Waals surface area contributed by atoms with Crippen LogP contribution in [0.15, 0.2) is 53.4 Å². The molecule has 2 aliphatic rings. The highest BCUT2D eigenvalue weighted by atomic mass is 32.2. The van der Waals surface area contributed by atoms with Crippen LogP contribution >= 0.6 is 11.8 Å². The molecule has 4 unspecified atom stereocenters. The third kappa shape index (κ3) is 10.9. The normalized spacial score (nSPS) is 20.2. The summed E-state index contributed by atoms with van der Waals surface area (Å²) in [6, 6.07) is 15.2. The molecule has 42 heavy (non-hydrogen) atoms. The number of thioether (sulfide) groups is 1. The quantitative estimate of drug-likeness (QED) is 0.167. The predicted molar refractivity (Wildman–Crippen MR) is 171 cm³/mol. The molecule has 1 heterocycles. The Morgan fingerprint density at radius 3 is 2.45 bits per heavy atom. The summed E-state index contributed by atoms with van der Waals surface area (Å²) < 4.78 is 0. The smallest absolute Gasteiger partial charge is 0.252 e. The maximum atomic E-state index is 13.3. The zero-order chi connectivity index (χ0) is 30.5. The molecular weight excluding hydrogens is 548 g/mol. The van der Waals surface area contributed by atoms with Gasteiger partial charge in [-0.3, -0.25) is 9.59 Å². The molecular formula is C33H50N4O4S. The molecule has 9 heteroatoms. The summed E-state index contributed by atoms with van der Waals surface area (Å²) >= 11 is 1.66. The van der Waals surface area contributed by atoms with Gasteiger partial charge < -0.3 is 25.5 Å². The molecule has 1 saturated carbocycles. The molecule has 0 bridgehead atoms. The van der Waals surface area contributed by atoms with Gasteiger partial charge in [0.2, 0.25) is 6.41 Å². The van der Waals surface area contributed by atoms with Gasteiger partial charge in [0.25, 0.3) is 5.91 Å². The van der Waals surface area contributed by atoms with Crippen molar-refractivity contribution < 1.29 is 19.5 Å². The van der Waals surface area contributed by atoms with Gasteiger partial charge in [-0.15, -0.1) is 11.8 Å². The molecule has 1 saturated heterocycles. The lowest BCUT2D eigenvalue weighted by molar-refractivity contribution is -0.110. The second-order valence-electron chi connectivity index (χ2n) is 12.4. The maximum absolute atomic E-state index is 13.3. The van der Waals surface area contributed by atoms with Crippen molar-refractivity contribution in [3.8, 4) is 5.75 Å². The van der Waals surface area contributed by atoms with Gasteiger partial charge in [-0.25, -0.2) is 0 Å². The van der Waals surface area contributed by atoms with Gasteiger partial charge in [-0.2, -0.15) is 5.48 Å². The molecule has 2 aromatic carbocycles. The fourth-order valence-electron chi connectivity index (χ4n) is 5.69. The third-order valence-corrected chi connectivity index (χ3v) is 9.14. The fraction of sp³-hybridized carbons (Fsp3) is 0.576. The molecule has 2 aromatic rings. The number of hydroxylamine groups is 1. The van der Waals surface area contributed by atoms with Crippen LogP contribution in [0.1, 0.15) is 68.8 Å². The van der Waals surface area contributed by atoms with E-state index in [1.54, 1.807) is 24.9 Å². The minimum Gasteiger partial charge on any atom is -0.409 e. The Bertz CT molecular complexity index is 1110. The van der Waals surface area contributed by atoms with Crippen molar-refractivity contribution in [2.75, 3.05) is 32.4 Å². The van der Waals surface area contributed by atoms with E-state index in [2.05, 4.69) is 33.1 Å². The number of nitrogens with one attached hydrogen (secondary N) is 3. The monoisotopic (exact) mass is 598 g/mol. The molecule has 0 radical (unpaired) electrons. The lowest BCUT2D eigenvalue weighted by Gasteiger charge is -2.42. The van der Waals surface area contributed by atoms with Gasteiger partial charge in [-0.1, -0.05) is 43.5 Å². The Labute approximate surface area is 256 Å². The van der Waals surface area contributed by atoms with E-state index in [1.807, 2.05) is 58.0 Å². The number of β-amino-alcohol motifs (C(OH)–C–C–N with tert-alkyl or cyclic N) is 1. The van der Waals surface area contributed by atoms with Crippen LogP contribution in [0, 0.1) is 18.8 Å². The van der Waals surface area contributed by atoms with Gasteiger partial charge in [0.1, 0.15) is 0 Å². The number of fused-ring (bicyclic) bond motifs is 1. The van der Waals surface area contributed by atoms with Crippen molar-refractivity contribution in [3.63, 3.8) is 0 Å². The van der Waals surface area contributed by atoms with Crippen LogP contribution in [-0.4, -0.2) is 72.4 Å². The summed E-state index contributed by atoms with van der Waals surface area (Å²) in [6.07, 6.45) is 6.67. The predicted octanol–water partition coefficient (Wildman–Crippen LogP) is 4.80. The average Bonchev–Trinajstić information content (AvgIpc) is 2.96. The van der Waals surface area contributed by atoms with Crippen LogP contribution in [0.2, 0.25) is 0 Å². The van der Waals surface area contributed by atoms with E-state index in [0.29, 0.717) is 30.0 Å². The molecule has 1 aliphatic carbocycles. The number of rotatable bonds is 11. The van der Waals surface area contributed by atoms with E-state index < -0.39 is 6.10 Å². The average molecular weight is 599 g/mol. The number of amides is 2. The zero-order valence-corrected chi connectivity index (χ0v) is 26.7. The largest absolute Gasteiger partial charge is 0.409 e. The SMILES string of the molecule is CC(C)(C)NC=O.CNOc1cccc(C(=O)NC(CSc2ccccc2)C(O)CN2CCC3CCCCC3C2)c1C. The number of hydrogen-bond acceptors (Lipinski definition) is 7. The van der Waals surface area contributed by atoms with E-state index in [0.717, 1.165) is 35.4 Å². The molecule has 4 rings (SSSR count). The lowest BCUT2D eigenvalue weighted by atomic mass is 9.75. The van der Waals surface area contributed by atoms with E-state index in [-0.39, 0.29) is 17.5 Å². The number of aliphatic hydroxyl groups excluding tert-OH is 1. The Morgan fingerprint density at radius 2 is 1.81 bits per heavy atom. The topological polar surface area (TPSA) is 103 Å². The second-order valence-corrected chi connectivity index (χ2v) is 13.5. The van der Waals surface area contributed by atoms with Crippen LogP contribution in [-0.2, 0) is 4.79 Å². The molecule has 0 spiro atoms. The standard InChI is InChI=1S/C28H39N3O3S.C5H11NO/c1-20-24(13-8-14-27(20)34-29-2)28(33)30-25(19-35-23-11-4-3-5-12-23)26(32)18-31-16-15-21-9-6-7-10-22(21)17-31;1-5(2,3)6-4-7/h3-5,8,11-14,21-22,25-26,29,32H,6-7,9-10,15-19H2,1-2H3,(H,30,33);4H,1-3H3,(H,6,7). The van der Waals surface area contributed by atoms with Gasteiger partial charge in [0, 0.05) is 47.5 Å². The first-order valence-corrected chi connectivity index (χ1v) is 16.1. The van der Waals surface area contributed by atoms with Crippen molar-refractivity contribution >= 4 is 24.1 Å². The zero-order valence-electron chi connectivity index (χ0n) is 25.9. The summed E-state index contributed by atoms with van der Waals surface area (Å²) in [7, 11) is 1.69. The van der Waals surface area contributed by atoms with E-state index in [9.17, 15) is 14.7 Å². The van der Waals surface area contributed by atoms with Crippen LogP contribution in [0.4, 0.5) is 0 Å². The highest BCUT2D eigenvalue weighted by Crippen LogP contribution is 2.36. The molecule has 232 valence electrons. The summed E-state index contributed by atoms with van der Waals surface area (Å²) in [5, 5.41) is 17.1. The number of piperidine rings is 1. The molecule has 8 nitrogen and oxygen atoms in total. The van der Waals surface area contributed by atoms with Gasteiger partial charge in [0.05, 0.1) is 12.1 Å². The maximum Gasteiger partial charge on any atom is 0.252 e. The number of hydrogen-bond donors (Lipinski definition) is 4. The van der Waals surface area contributed by atoms with E-state index >= 15 is 0 Å². The Kier molecular flexibility index (Phi) is 13.6. The molecule has 1 aliphatic heterocycles. The number of aliphatic hydroxyl groups is 1. The molecule has 2 fully saturated rings. The fourth-order valence-corrected chi connectivity index (χ4v) is 6.72.